The van der Waals surface area contributed by atoms with Gasteiger partial charge in [0.2, 0.25) is 0 Å². The van der Waals surface area contributed by atoms with Crippen LogP contribution in [0, 0.1) is 11.3 Å². The van der Waals surface area contributed by atoms with Gasteiger partial charge in [0, 0.05) is 6.04 Å². The molecule has 62 valence electrons. The second-order valence-corrected chi connectivity index (χ2v) is 3.00. The minimum atomic E-state index is 0.255. The van der Waals surface area contributed by atoms with Crippen LogP contribution < -0.4 is 5.32 Å². The lowest BCUT2D eigenvalue weighted by atomic mass is 10.3. The number of rotatable bonds is 3. The van der Waals surface area contributed by atoms with E-state index >= 15 is 0 Å². The predicted molar refractivity (Wildman–Crippen MR) is 47.1 cm³/mol. The van der Waals surface area contributed by atoms with E-state index in [-0.39, 0.29) is 6.04 Å². The number of hydrogen-bond acceptors (Lipinski definition) is 2. The molecule has 0 radical (unpaired) electrons. The van der Waals surface area contributed by atoms with Gasteiger partial charge in [-0.3, -0.25) is 0 Å². The molecule has 0 aromatic heterocycles. The fourth-order valence-electron chi connectivity index (χ4n) is 0.637. The first-order chi connectivity index (χ1) is 5.11. The summed E-state index contributed by atoms with van der Waals surface area (Å²) < 4.78 is 0. The van der Waals surface area contributed by atoms with Gasteiger partial charge in [-0.2, -0.15) is 5.26 Å². The van der Waals surface area contributed by atoms with Gasteiger partial charge in [-0.15, -0.1) is 0 Å². The van der Waals surface area contributed by atoms with Crippen LogP contribution in [0.15, 0.2) is 10.7 Å². The summed E-state index contributed by atoms with van der Waals surface area (Å²) in [6.45, 7) is 5.86. The molecule has 0 unspecified atom stereocenters. The summed E-state index contributed by atoms with van der Waals surface area (Å²) in [6, 6.07) is 2.28. The molecule has 0 aliphatic rings. The molecule has 0 saturated carbocycles. The van der Waals surface area contributed by atoms with E-state index in [1.807, 2.05) is 26.8 Å². The van der Waals surface area contributed by atoms with Crippen LogP contribution in [0.2, 0.25) is 0 Å². The fourth-order valence-corrected chi connectivity index (χ4v) is 0.734. The van der Waals surface area contributed by atoms with Gasteiger partial charge in [-0.1, -0.05) is 18.5 Å². The second kappa shape index (κ2) is 5.03. The summed E-state index contributed by atoms with van der Waals surface area (Å²) in [4.78, 5) is 0. The highest BCUT2D eigenvalue weighted by atomic mass is 35.5. The van der Waals surface area contributed by atoms with E-state index in [0.717, 1.165) is 0 Å². The summed E-state index contributed by atoms with van der Waals surface area (Å²) in [7, 11) is 0. The number of nitrogens with zero attached hydrogens (tertiary/aromatic N) is 1. The Kier molecular flexibility index (Phi) is 4.72. The molecule has 0 aromatic rings. The van der Waals surface area contributed by atoms with E-state index < -0.39 is 0 Å². The molecule has 0 spiro atoms. The largest absolute Gasteiger partial charge is 0.373 e. The second-order valence-electron chi connectivity index (χ2n) is 2.54. The molecular weight excluding hydrogens is 160 g/mol. The zero-order chi connectivity index (χ0) is 8.85. The van der Waals surface area contributed by atoms with Crippen LogP contribution >= 0.6 is 11.6 Å². The van der Waals surface area contributed by atoms with Crippen LogP contribution in [0.5, 0.6) is 0 Å². The van der Waals surface area contributed by atoms with Gasteiger partial charge in [-0.25, -0.2) is 0 Å². The van der Waals surface area contributed by atoms with Crippen molar-refractivity contribution in [2.75, 3.05) is 0 Å². The predicted octanol–water partition coefficient (Wildman–Crippen LogP) is 2.37. The van der Waals surface area contributed by atoms with Crippen molar-refractivity contribution in [3.63, 3.8) is 0 Å². The Morgan fingerprint density at radius 3 is 2.45 bits per heavy atom. The molecule has 0 fully saturated rings. The SMILES string of the molecule is CC/C(Cl)=C(\C#N)NC(C)C. The lowest BCUT2D eigenvalue weighted by molar-refractivity contribution is 0.679. The maximum atomic E-state index is 8.62. The van der Waals surface area contributed by atoms with Gasteiger partial charge in [0.1, 0.15) is 11.8 Å². The monoisotopic (exact) mass is 172 g/mol. The third kappa shape index (κ3) is 3.90. The molecule has 0 rings (SSSR count). The molecule has 0 aliphatic carbocycles. The summed E-state index contributed by atoms with van der Waals surface area (Å²) >= 11 is 5.77. The van der Waals surface area contributed by atoms with E-state index in [9.17, 15) is 0 Å². The molecule has 0 aromatic carbocycles. The van der Waals surface area contributed by atoms with Crippen molar-refractivity contribution in [3.8, 4) is 6.07 Å². The molecule has 0 amide bonds. The van der Waals surface area contributed by atoms with Gasteiger partial charge in [0.25, 0.3) is 0 Å². The Morgan fingerprint density at radius 2 is 2.18 bits per heavy atom. The quantitative estimate of drug-likeness (QED) is 0.664. The number of halogens is 1. The normalized spacial score (nSPS) is 12.4. The van der Waals surface area contributed by atoms with Crippen molar-refractivity contribution in [2.45, 2.75) is 33.2 Å². The van der Waals surface area contributed by atoms with E-state index in [2.05, 4.69) is 5.32 Å². The molecule has 0 atom stereocenters. The number of allylic oxidation sites excluding steroid dienone is 2. The Balaban J connectivity index is 4.30. The van der Waals surface area contributed by atoms with Crippen molar-refractivity contribution in [1.82, 2.24) is 5.32 Å². The van der Waals surface area contributed by atoms with Crippen molar-refractivity contribution in [2.24, 2.45) is 0 Å². The highest BCUT2D eigenvalue weighted by Gasteiger charge is 2.02. The van der Waals surface area contributed by atoms with E-state index in [4.69, 9.17) is 16.9 Å². The Hall–Kier alpha value is -0.680. The van der Waals surface area contributed by atoms with Gasteiger partial charge in [0.05, 0.1) is 5.03 Å². The summed E-state index contributed by atoms with van der Waals surface area (Å²) in [5.74, 6) is 0. The maximum absolute atomic E-state index is 8.62. The van der Waals surface area contributed by atoms with Crippen LogP contribution in [-0.4, -0.2) is 6.04 Å². The first-order valence-corrected chi connectivity index (χ1v) is 4.04. The van der Waals surface area contributed by atoms with Crippen molar-refractivity contribution in [3.05, 3.63) is 10.7 Å². The smallest absolute Gasteiger partial charge is 0.128 e. The molecule has 2 nitrogen and oxygen atoms in total. The van der Waals surface area contributed by atoms with Crippen molar-refractivity contribution >= 4 is 11.6 Å². The van der Waals surface area contributed by atoms with Crippen LogP contribution in [0.4, 0.5) is 0 Å². The third-order valence-electron chi connectivity index (χ3n) is 1.13. The molecular formula is C8H13ClN2. The molecule has 0 aliphatic heterocycles. The highest BCUT2D eigenvalue weighted by Crippen LogP contribution is 2.10. The van der Waals surface area contributed by atoms with Gasteiger partial charge in [-0.05, 0) is 20.3 Å². The molecule has 11 heavy (non-hydrogen) atoms. The number of nitrogens with one attached hydrogen (secondary N) is 1. The van der Waals surface area contributed by atoms with Crippen molar-refractivity contribution in [1.29, 1.82) is 5.26 Å². The molecule has 1 N–H and O–H groups in total. The van der Waals surface area contributed by atoms with E-state index in [1.165, 1.54) is 0 Å². The van der Waals surface area contributed by atoms with Crippen LogP contribution in [0.1, 0.15) is 27.2 Å². The minimum Gasteiger partial charge on any atom is -0.373 e. The fraction of sp³-hybridized carbons (Fsp3) is 0.625. The van der Waals surface area contributed by atoms with Crippen molar-refractivity contribution < 1.29 is 0 Å². The standard InChI is InChI=1S/C8H13ClN2/c1-4-7(9)8(5-10)11-6(2)3/h6,11H,4H2,1-3H3/b8-7-. The van der Waals surface area contributed by atoms with Gasteiger partial charge < -0.3 is 5.32 Å². The average Bonchev–Trinajstić information content (AvgIpc) is 1.98. The van der Waals surface area contributed by atoms with Gasteiger partial charge in [0.15, 0.2) is 0 Å². The lowest BCUT2D eigenvalue weighted by Crippen LogP contribution is -2.21. The van der Waals surface area contributed by atoms with Crippen LogP contribution in [0.25, 0.3) is 0 Å². The molecule has 0 heterocycles. The highest BCUT2D eigenvalue weighted by molar-refractivity contribution is 6.30. The number of nitriles is 1. The average molecular weight is 173 g/mol. The van der Waals surface area contributed by atoms with E-state index in [1.54, 1.807) is 0 Å². The first-order valence-electron chi connectivity index (χ1n) is 3.67. The summed E-state index contributed by atoms with van der Waals surface area (Å²) in [5, 5.41) is 12.2. The van der Waals surface area contributed by atoms with Crippen LogP contribution in [0.3, 0.4) is 0 Å². The minimum absolute atomic E-state index is 0.255. The topological polar surface area (TPSA) is 35.8 Å². The zero-order valence-corrected chi connectivity index (χ0v) is 7.87. The van der Waals surface area contributed by atoms with Crippen LogP contribution in [-0.2, 0) is 0 Å². The molecule has 0 bridgehead atoms. The Bertz CT molecular complexity index is 189. The number of hydrogen-bond donors (Lipinski definition) is 1. The van der Waals surface area contributed by atoms with E-state index in [0.29, 0.717) is 17.2 Å². The summed E-state index contributed by atoms with van der Waals surface area (Å²) in [6.07, 6.45) is 0.699. The Labute approximate surface area is 72.8 Å². The first kappa shape index (κ1) is 10.3. The Morgan fingerprint density at radius 1 is 1.64 bits per heavy atom. The van der Waals surface area contributed by atoms with Gasteiger partial charge >= 0.3 is 0 Å². The lowest BCUT2D eigenvalue weighted by Gasteiger charge is -2.08. The zero-order valence-electron chi connectivity index (χ0n) is 7.11. The summed E-state index contributed by atoms with van der Waals surface area (Å²) in [5.41, 5.74) is 0.490. The molecule has 0 saturated heterocycles. The third-order valence-corrected chi connectivity index (χ3v) is 1.58. The molecule has 3 heteroatoms. The maximum Gasteiger partial charge on any atom is 0.128 e.